The van der Waals surface area contributed by atoms with Crippen molar-refractivity contribution in [2.75, 3.05) is 13.1 Å². The third kappa shape index (κ3) is 3.56. The van der Waals surface area contributed by atoms with Crippen molar-refractivity contribution in [2.45, 2.75) is 18.9 Å². The van der Waals surface area contributed by atoms with Gasteiger partial charge in [0.1, 0.15) is 11.9 Å². The molecule has 1 aromatic rings. The molecular weight excluding hydrogens is 279 g/mol. The van der Waals surface area contributed by atoms with Crippen LogP contribution in [0.15, 0.2) is 24.3 Å². The Morgan fingerprint density at radius 3 is 2.81 bits per heavy atom. The maximum Gasteiger partial charge on any atom is 0.326 e. The molecule has 21 heavy (non-hydrogen) atoms. The molecule has 1 fully saturated rings. The van der Waals surface area contributed by atoms with Crippen LogP contribution in [-0.2, 0) is 9.59 Å². The number of nitrogens with zero attached hydrogens (tertiary/aromatic N) is 1. The number of halogens is 1. The van der Waals surface area contributed by atoms with Crippen LogP contribution in [0.25, 0.3) is 0 Å². The lowest BCUT2D eigenvalue weighted by Crippen LogP contribution is -2.45. The van der Waals surface area contributed by atoms with Gasteiger partial charge in [0.15, 0.2) is 0 Å². The van der Waals surface area contributed by atoms with Gasteiger partial charge in [-0.1, -0.05) is 6.07 Å². The highest BCUT2D eigenvalue weighted by Crippen LogP contribution is 2.17. The average Bonchev–Trinajstić information content (AvgIpc) is 2.94. The van der Waals surface area contributed by atoms with Gasteiger partial charge in [0.05, 0.1) is 6.54 Å². The minimum Gasteiger partial charge on any atom is -0.480 e. The SMILES string of the molecule is O=C(NCC(=O)N1CCCC1C(=O)O)c1cccc(F)c1. The smallest absolute Gasteiger partial charge is 0.326 e. The number of hydrogen-bond acceptors (Lipinski definition) is 3. The summed E-state index contributed by atoms with van der Waals surface area (Å²) < 4.78 is 13.0. The fourth-order valence-electron chi connectivity index (χ4n) is 2.31. The van der Waals surface area contributed by atoms with Gasteiger partial charge in [-0.15, -0.1) is 0 Å². The molecule has 0 spiro atoms. The zero-order valence-corrected chi connectivity index (χ0v) is 11.2. The number of carboxylic acids is 1. The molecule has 2 rings (SSSR count). The number of carbonyl (C=O) groups is 3. The first-order chi connectivity index (χ1) is 9.99. The number of aliphatic carboxylic acids is 1. The molecule has 0 bridgehead atoms. The van der Waals surface area contributed by atoms with E-state index in [0.29, 0.717) is 19.4 Å². The number of benzene rings is 1. The largest absolute Gasteiger partial charge is 0.480 e. The predicted molar refractivity (Wildman–Crippen MR) is 71.1 cm³/mol. The fraction of sp³-hybridized carbons (Fsp3) is 0.357. The van der Waals surface area contributed by atoms with Crippen LogP contribution < -0.4 is 5.32 Å². The summed E-state index contributed by atoms with van der Waals surface area (Å²) in [5, 5.41) is 11.4. The second-order valence-corrected chi connectivity index (χ2v) is 4.78. The predicted octanol–water partition coefficient (Wildman–Crippen LogP) is 0.631. The van der Waals surface area contributed by atoms with Gasteiger partial charge in [0.25, 0.3) is 5.91 Å². The molecule has 0 aliphatic carbocycles. The third-order valence-corrected chi connectivity index (χ3v) is 3.35. The second kappa shape index (κ2) is 6.34. The summed E-state index contributed by atoms with van der Waals surface area (Å²) in [6, 6.07) is 4.27. The van der Waals surface area contributed by atoms with Crippen LogP contribution in [0.5, 0.6) is 0 Å². The molecule has 1 heterocycles. The first-order valence-electron chi connectivity index (χ1n) is 6.55. The van der Waals surface area contributed by atoms with Gasteiger partial charge in [-0.2, -0.15) is 0 Å². The maximum atomic E-state index is 13.0. The second-order valence-electron chi connectivity index (χ2n) is 4.78. The molecule has 1 aliphatic rings. The number of nitrogens with one attached hydrogen (secondary N) is 1. The van der Waals surface area contributed by atoms with Crippen LogP contribution in [-0.4, -0.2) is 46.9 Å². The lowest BCUT2D eigenvalue weighted by atomic mass is 10.2. The van der Waals surface area contributed by atoms with Gasteiger partial charge >= 0.3 is 5.97 Å². The van der Waals surface area contributed by atoms with Crippen molar-refractivity contribution < 1.29 is 23.9 Å². The zero-order valence-electron chi connectivity index (χ0n) is 11.2. The summed E-state index contributed by atoms with van der Waals surface area (Å²) in [5.41, 5.74) is 0.110. The van der Waals surface area contributed by atoms with E-state index in [0.717, 1.165) is 6.07 Å². The molecule has 7 heteroatoms. The van der Waals surface area contributed by atoms with E-state index < -0.39 is 29.6 Å². The van der Waals surface area contributed by atoms with E-state index in [1.54, 1.807) is 0 Å². The molecule has 1 aromatic carbocycles. The number of carbonyl (C=O) groups excluding carboxylic acids is 2. The summed E-state index contributed by atoms with van der Waals surface area (Å²) in [6.45, 7) is 0.0603. The first-order valence-corrected chi connectivity index (χ1v) is 6.55. The number of carboxylic acid groups (broad SMARTS) is 1. The van der Waals surface area contributed by atoms with E-state index in [2.05, 4.69) is 5.32 Å². The average molecular weight is 294 g/mol. The normalized spacial score (nSPS) is 17.6. The van der Waals surface area contributed by atoms with Gasteiger partial charge in [0.2, 0.25) is 5.91 Å². The summed E-state index contributed by atoms with van der Waals surface area (Å²) in [6.07, 6.45) is 1.04. The molecule has 0 aromatic heterocycles. The van der Waals surface area contributed by atoms with Crippen LogP contribution in [0.1, 0.15) is 23.2 Å². The molecule has 0 radical (unpaired) electrons. The number of amides is 2. The minimum absolute atomic E-state index is 0.110. The molecule has 1 aliphatic heterocycles. The van der Waals surface area contributed by atoms with Crippen molar-refractivity contribution in [3.8, 4) is 0 Å². The fourth-order valence-corrected chi connectivity index (χ4v) is 2.31. The lowest BCUT2D eigenvalue weighted by molar-refractivity contribution is -0.147. The highest BCUT2D eigenvalue weighted by atomic mass is 19.1. The number of hydrogen-bond donors (Lipinski definition) is 2. The summed E-state index contributed by atoms with van der Waals surface area (Å²) >= 11 is 0. The highest BCUT2D eigenvalue weighted by Gasteiger charge is 2.33. The van der Waals surface area contributed by atoms with Gasteiger partial charge in [-0.25, -0.2) is 9.18 Å². The van der Waals surface area contributed by atoms with Crippen LogP contribution >= 0.6 is 0 Å². The van der Waals surface area contributed by atoms with E-state index in [1.807, 2.05) is 0 Å². The maximum absolute atomic E-state index is 13.0. The van der Waals surface area contributed by atoms with Gasteiger partial charge in [0, 0.05) is 12.1 Å². The molecule has 2 amide bonds. The van der Waals surface area contributed by atoms with Crippen molar-refractivity contribution in [1.29, 1.82) is 0 Å². The number of rotatable bonds is 4. The van der Waals surface area contributed by atoms with Crippen molar-refractivity contribution in [3.63, 3.8) is 0 Å². The van der Waals surface area contributed by atoms with E-state index in [9.17, 15) is 18.8 Å². The Bertz CT molecular complexity index is 576. The van der Waals surface area contributed by atoms with Gasteiger partial charge < -0.3 is 15.3 Å². The molecule has 2 N–H and O–H groups in total. The van der Waals surface area contributed by atoms with Gasteiger partial charge in [-0.3, -0.25) is 9.59 Å². The molecule has 1 unspecified atom stereocenters. The molecule has 6 nitrogen and oxygen atoms in total. The monoisotopic (exact) mass is 294 g/mol. The first kappa shape index (κ1) is 15.0. The van der Waals surface area contributed by atoms with Crippen LogP contribution in [0.3, 0.4) is 0 Å². The van der Waals surface area contributed by atoms with E-state index in [4.69, 9.17) is 5.11 Å². The molecule has 112 valence electrons. The Balaban J connectivity index is 1.92. The van der Waals surface area contributed by atoms with Crippen LogP contribution in [0, 0.1) is 5.82 Å². The summed E-state index contributed by atoms with van der Waals surface area (Å²) in [7, 11) is 0. The topological polar surface area (TPSA) is 86.7 Å². The van der Waals surface area contributed by atoms with Crippen molar-refractivity contribution in [3.05, 3.63) is 35.6 Å². The van der Waals surface area contributed by atoms with Crippen LogP contribution in [0.2, 0.25) is 0 Å². The highest BCUT2D eigenvalue weighted by molar-refractivity contribution is 5.96. The standard InChI is InChI=1S/C14H15FN2O4/c15-10-4-1-3-9(7-10)13(19)16-8-12(18)17-6-2-5-11(17)14(20)21/h1,3-4,7,11H,2,5-6,8H2,(H,16,19)(H,20,21). The van der Waals surface area contributed by atoms with Gasteiger partial charge in [-0.05, 0) is 31.0 Å². The summed E-state index contributed by atoms with van der Waals surface area (Å²) in [4.78, 5) is 35.9. The van der Waals surface area contributed by atoms with Crippen molar-refractivity contribution >= 4 is 17.8 Å². The van der Waals surface area contributed by atoms with Crippen molar-refractivity contribution in [1.82, 2.24) is 10.2 Å². The minimum atomic E-state index is -1.04. The Morgan fingerprint density at radius 2 is 2.14 bits per heavy atom. The molecule has 1 atom stereocenters. The quantitative estimate of drug-likeness (QED) is 0.853. The Morgan fingerprint density at radius 1 is 1.38 bits per heavy atom. The Kier molecular flexibility index (Phi) is 4.52. The number of likely N-dealkylation sites (tertiary alicyclic amines) is 1. The molecule has 1 saturated heterocycles. The van der Waals surface area contributed by atoms with Crippen molar-refractivity contribution in [2.24, 2.45) is 0 Å². The molecular formula is C14H15FN2O4. The lowest BCUT2D eigenvalue weighted by Gasteiger charge is -2.21. The van der Waals surface area contributed by atoms with Crippen LogP contribution in [0.4, 0.5) is 4.39 Å². The van der Waals surface area contributed by atoms with E-state index in [1.165, 1.54) is 23.1 Å². The summed E-state index contributed by atoms with van der Waals surface area (Å²) in [5.74, 6) is -2.62. The Labute approximate surface area is 120 Å². The van der Waals surface area contributed by atoms with E-state index >= 15 is 0 Å². The Hall–Kier alpha value is -2.44. The molecule has 0 saturated carbocycles. The van der Waals surface area contributed by atoms with E-state index in [-0.39, 0.29) is 12.1 Å². The zero-order chi connectivity index (χ0) is 15.4. The third-order valence-electron chi connectivity index (χ3n) is 3.35.